The van der Waals surface area contributed by atoms with Crippen LogP contribution in [-0.4, -0.2) is 55.3 Å². The molecule has 0 radical (unpaired) electrons. The summed E-state index contributed by atoms with van der Waals surface area (Å²) in [5, 5.41) is 28.4. The summed E-state index contributed by atoms with van der Waals surface area (Å²) in [4.78, 5) is 34.8. The van der Waals surface area contributed by atoms with Gasteiger partial charge in [0.15, 0.2) is 6.23 Å². The summed E-state index contributed by atoms with van der Waals surface area (Å²) in [6, 6.07) is 0.970. The van der Waals surface area contributed by atoms with Crippen molar-refractivity contribution in [3.05, 3.63) is 33.1 Å². The highest BCUT2D eigenvalue weighted by Gasteiger charge is 2.43. The summed E-state index contributed by atoms with van der Waals surface area (Å²) in [7, 11) is 0. The number of rotatable bonds is 2. The van der Waals surface area contributed by atoms with Crippen molar-refractivity contribution in [2.24, 2.45) is 0 Å². The number of aliphatic hydroxyl groups excluding tert-OH is 3. The third-order valence-corrected chi connectivity index (χ3v) is 3.12. The van der Waals surface area contributed by atoms with Crippen LogP contribution in [0.1, 0.15) is 17.9 Å². The topological polar surface area (TPSA) is 131 Å². The molecule has 2 rings (SSSR count). The zero-order chi connectivity index (χ0) is 15.0. The molecule has 4 atom stereocenters. The van der Waals surface area contributed by atoms with Crippen molar-refractivity contribution in [1.82, 2.24) is 9.13 Å². The van der Waals surface area contributed by atoms with Gasteiger partial charge in [0.2, 0.25) is 5.91 Å². The van der Waals surface area contributed by atoms with Gasteiger partial charge >= 0.3 is 5.69 Å². The Morgan fingerprint density at radius 2 is 2.00 bits per heavy atom. The molecule has 1 aromatic rings. The first-order valence-electron chi connectivity index (χ1n) is 5.86. The van der Waals surface area contributed by atoms with Gasteiger partial charge in [-0.25, -0.2) is 4.79 Å². The number of carbonyl (C=O) groups is 1. The zero-order valence-electron chi connectivity index (χ0n) is 10.5. The van der Waals surface area contributed by atoms with Gasteiger partial charge in [0, 0.05) is 19.2 Å². The fraction of sp³-hybridized carbons (Fsp3) is 0.545. The first-order chi connectivity index (χ1) is 9.38. The lowest BCUT2D eigenvalue weighted by molar-refractivity contribution is -0.0554. The van der Waals surface area contributed by atoms with Gasteiger partial charge in [0.25, 0.3) is 5.56 Å². The smallest absolute Gasteiger partial charge is 0.340 e. The van der Waals surface area contributed by atoms with Crippen LogP contribution in [0.2, 0.25) is 0 Å². The highest BCUT2D eigenvalue weighted by molar-refractivity contribution is 5.75. The molecule has 1 aliphatic rings. The third-order valence-electron chi connectivity index (χ3n) is 3.12. The molecular formula is C11H14N2O7. The van der Waals surface area contributed by atoms with E-state index in [2.05, 4.69) is 0 Å². The van der Waals surface area contributed by atoms with Crippen molar-refractivity contribution in [3.63, 3.8) is 0 Å². The van der Waals surface area contributed by atoms with Crippen molar-refractivity contribution in [2.75, 3.05) is 6.61 Å². The molecule has 1 aromatic heterocycles. The lowest BCUT2D eigenvalue weighted by Crippen LogP contribution is -2.45. The number of aromatic nitrogens is 2. The Labute approximate surface area is 112 Å². The molecule has 2 heterocycles. The largest absolute Gasteiger partial charge is 0.394 e. The Balaban J connectivity index is 2.50. The van der Waals surface area contributed by atoms with E-state index in [0.29, 0.717) is 4.57 Å². The molecule has 0 amide bonds. The van der Waals surface area contributed by atoms with Crippen LogP contribution < -0.4 is 11.2 Å². The normalized spacial score (nSPS) is 29.6. The van der Waals surface area contributed by atoms with Crippen LogP contribution in [0, 0.1) is 0 Å². The first kappa shape index (κ1) is 14.6. The first-order valence-corrected chi connectivity index (χ1v) is 5.86. The highest BCUT2D eigenvalue weighted by atomic mass is 16.6. The minimum absolute atomic E-state index is 0.384. The molecule has 0 aliphatic carbocycles. The van der Waals surface area contributed by atoms with E-state index in [1.54, 1.807) is 0 Å². The van der Waals surface area contributed by atoms with E-state index in [1.165, 1.54) is 0 Å². The van der Waals surface area contributed by atoms with E-state index < -0.39 is 48.3 Å². The molecule has 3 N–H and O–H groups in total. The minimum Gasteiger partial charge on any atom is -0.394 e. The maximum atomic E-state index is 12.0. The highest BCUT2D eigenvalue weighted by Crippen LogP contribution is 2.27. The summed E-state index contributed by atoms with van der Waals surface area (Å²) >= 11 is 0. The SMILES string of the molecule is CC(=O)n1c(=O)ccn([C@@H]2O[C@H](CO)[C@@H](O)[C@H]2O)c1=O. The quantitative estimate of drug-likeness (QED) is 0.538. The maximum Gasteiger partial charge on any atom is 0.340 e. The Bertz CT molecular complexity index is 634. The predicted octanol–water partition coefficient (Wildman–Crippen LogP) is -2.72. The Kier molecular flexibility index (Phi) is 3.86. The zero-order valence-corrected chi connectivity index (χ0v) is 10.5. The van der Waals surface area contributed by atoms with Gasteiger partial charge in [-0.1, -0.05) is 0 Å². The second kappa shape index (κ2) is 5.29. The van der Waals surface area contributed by atoms with Gasteiger partial charge in [0.05, 0.1) is 6.61 Å². The summed E-state index contributed by atoms with van der Waals surface area (Å²) in [6.07, 6.45) is -4.14. The molecule has 110 valence electrons. The lowest BCUT2D eigenvalue weighted by atomic mass is 10.1. The summed E-state index contributed by atoms with van der Waals surface area (Å²) in [6.45, 7) is 0.500. The van der Waals surface area contributed by atoms with Gasteiger partial charge in [-0.15, -0.1) is 0 Å². The second-order valence-electron chi connectivity index (χ2n) is 4.43. The van der Waals surface area contributed by atoms with Crippen LogP contribution in [0.15, 0.2) is 21.9 Å². The molecule has 1 saturated heterocycles. The van der Waals surface area contributed by atoms with E-state index in [-0.39, 0.29) is 0 Å². The molecule has 0 aromatic carbocycles. The minimum atomic E-state index is -1.47. The molecular weight excluding hydrogens is 272 g/mol. The van der Waals surface area contributed by atoms with E-state index in [4.69, 9.17) is 9.84 Å². The van der Waals surface area contributed by atoms with Crippen molar-refractivity contribution in [3.8, 4) is 0 Å². The van der Waals surface area contributed by atoms with Gasteiger partial charge in [-0.2, -0.15) is 4.57 Å². The van der Waals surface area contributed by atoms with Gasteiger partial charge < -0.3 is 20.1 Å². The van der Waals surface area contributed by atoms with Gasteiger partial charge in [-0.3, -0.25) is 14.2 Å². The predicted molar refractivity (Wildman–Crippen MR) is 64.3 cm³/mol. The summed E-state index contributed by atoms with van der Waals surface area (Å²) in [5.41, 5.74) is -1.79. The van der Waals surface area contributed by atoms with Gasteiger partial charge in [0.1, 0.15) is 18.3 Å². The molecule has 20 heavy (non-hydrogen) atoms. The molecule has 9 heteroatoms. The Hall–Kier alpha value is -1.81. The van der Waals surface area contributed by atoms with Crippen molar-refractivity contribution >= 4 is 5.91 Å². The molecule has 1 fully saturated rings. The number of aliphatic hydroxyl groups is 3. The average Bonchev–Trinajstić information content (AvgIpc) is 2.66. The number of hydrogen-bond acceptors (Lipinski definition) is 7. The number of carbonyl (C=O) groups excluding carboxylic acids is 1. The molecule has 0 bridgehead atoms. The van der Waals surface area contributed by atoms with Crippen LogP contribution in [-0.2, 0) is 4.74 Å². The van der Waals surface area contributed by atoms with Crippen LogP contribution >= 0.6 is 0 Å². The standard InChI is InChI=1S/C11H14N2O7/c1-5(15)13-7(16)2-3-12(11(13)19)10-9(18)8(17)6(4-14)20-10/h2-3,6,8-10,14,17-18H,4H2,1H3/t6-,8-,9-,10-/m1/s1. The third kappa shape index (κ3) is 2.20. The summed E-state index contributed by atoms with van der Waals surface area (Å²) in [5.74, 6) is -0.777. The van der Waals surface area contributed by atoms with E-state index in [9.17, 15) is 24.6 Å². The van der Waals surface area contributed by atoms with Crippen LogP contribution in [0.3, 0.4) is 0 Å². The van der Waals surface area contributed by atoms with Crippen LogP contribution in [0.5, 0.6) is 0 Å². The van der Waals surface area contributed by atoms with E-state index >= 15 is 0 Å². The van der Waals surface area contributed by atoms with Crippen LogP contribution in [0.4, 0.5) is 0 Å². The molecule has 9 nitrogen and oxygen atoms in total. The average molecular weight is 286 g/mol. The fourth-order valence-electron chi connectivity index (χ4n) is 2.09. The number of hydrogen-bond donors (Lipinski definition) is 3. The lowest BCUT2D eigenvalue weighted by Gasteiger charge is -2.17. The molecule has 0 spiro atoms. The Morgan fingerprint density at radius 1 is 1.35 bits per heavy atom. The molecule has 0 saturated carbocycles. The summed E-state index contributed by atoms with van der Waals surface area (Å²) < 4.78 is 6.37. The van der Waals surface area contributed by atoms with E-state index in [1.807, 2.05) is 0 Å². The molecule has 1 aliphatic heterocycles. The van der Waals surface area contributed by atoms with Gasteiger partial charge in [-0.05, 0) is 0 Å². The van der Waals surface area contributed by atoms with E-state index in [0.717, 1.165) is 23.8 Å². The van der Waals surface area contributed by atoms with Crippen molar-refractivity contribution in [2.45, 2.75) is 31.5 Å². The Morgan fingerprint density at radius 3 is 2.50 bits per heavy atom. The van der Waals surface area contributed by atoms with Crippen molar-refractivity contribution in [1.29, 1.82) is 0 Å². The number of nitrogens with zero attached hydrogens (tertiary/aromatic N) is 2. The monoisotopic (exact) mass is 286 g/mol. The number of ether oxygens (including phenoxy) is 1. The fourth-order valence-corrected chi connectivity index (χ4v) is 2.09. The molecule has 0 unspecified atom stereocenters. The van der Waals surface area contributed by atoms with Crippen LogP contribution in [0.25, 0.3) is 0 Å². The maximum absolute atomic E-state index is 12.0. The second-order valence-corrected chi connectivity index (χ2v) is 4.43. The van der Waals surface area contributed by atoms with Crippen molar-refractivity contribution < 1.29 is 24.9 Å².